The van der Waals surface area contributed by atoms with Gasteiger partial charge in [0, 0.05) is 64.6 Å². The lowest BCUT2D eigenvalue weighted by Gasteiger charge is -2.12. The fourth-order valence-corrected chi connectivity index (χ4v) is 5.62. The van der Waals surface area contributed by atoms with Gasteiger partial charge in [0.15, 0.2) is 11.6 Å². The van der Waals surface area contributed by atoms with Gasteiger partial charge in [-0.15, -0.1) is 0 Å². The molecule has 0 bridgehead atoms. The van der Waals surface area contributed by atoms with Gasteiger partial charge < -0.3 is 10.6 Å². The molecule has 0 unspecified atom stereocenters. The van der Waals surface area contributed by atoms with Crippen LogP contribution in [0, 0.1) is 11.6 Å². The Hall–Kier alpha value is -5.60. The minimum Gasteiger partial charge on any atom is -0.321 e. The molecule has 2 aromatic heterocycles. The van der Waals surface area contributed by atoms with Crippen LogP contribution in [0.4, 0.5) is 37.7 Å². The molecule has 0 atom stereocenters. The second kappa shape index (κ2) is 16.2. The van der Waals surface area contributed by atoms with Gasteiger partial charge in [-0.2, -0.15) is 10.2 Å². The summed E-state index contributed by atoms with van der Waals surface area (Å²) in [6.07, 6.45) is -3.30. The predicted octanol–water partition coefficient (Wildman–Crippen LogP) is 10.1. The van der Waals surface area contributed by atoms with E-state index in [9.17, 15) is 35.9 Å². The summed E-state index contributed by atoms with van der Waals surface area (Å²) >= 11 is 12.2. The molecular weight excluding hydrogens is 733 g/mol. The van der Waals surface area contributed by atoms with E-state index in [-0.39, 0.29) is 16.8 Å². The molecule has 0 aliphatic carbocycles. The summed E-state index contributed by atoms with van der Waals surface area (Å²) in [5.74, 6) is -3.47. The Morgan fingerprint density at radius 2 is 1.13 bits per heavy atom. The Kier molecular flexibility index (Phi) is 11.7. The number of halogens is 8. The van der Waals surface area contributed by atoms with Crippen LogP contribution in [0.1, 0.15) is 45.0 Å². The molecule has 0 saturated carbocycles. The third-order valence-electron chi connectivity index (χ3n) is 7.42. The zero-order chi connectivity index (χ0) is 37.7. The number of carbonyl (C=O) groups is 2. The van der Waals surface area contributed by atoms with Gasteiger partial charge in [0.05, 0.1) is 11.1 Å². The van der Waals surface area contributed by atoms with Crippen molar-refractivity contribution in [3.8, 4) is 22.3 Å². The molecule has 0 radical (unpaired) electrons. The third-order valence-corrected chi connectivity index (χ3v) is 7.97. The third kappa shape index (κ3) is 8.64. The maximum atomic E-state index is 13.5. The number of alkyl halides is 4. The van der Waals surface area contributed by atoms with E-state index in [2.05, 4.69) is 20.8 Å². The number of anilines is 2. The van der Waals surface area contributed by atoms with Crippen LogP contribution in [0.25, 0.3) is 22.3 Å². The van der Waals surface area contributed by atoms with Crippen LogP contribution in [-0.2, 0) is 14.1 Å². The molecule has 52 heavy (non-hydrogen) atoms. The molecule has 2 heterocycles. The second-order valence-corrected chi connectivity index (χ2v) is 11.9. The van der Waals surface area contributed by atoms with Crippen molar-refractivity contribution in [2.45, 2.75) is 12.9 Å². The summed E-state index contributed by atoms with van der Waals surface area (Å²) in [5.41, 5.74) is 1.13. The smallest absolute Gasteiger partial charge is 0.282 e. The number of aromatic nitrogens is 4. The van der Waals surface area contributed by atoms with Crippen LogP contribution in [0.5, 0.6) is 0 Å². The number of aryl methyl sites for hydroxylation is 2. The van der Waals surface area contributed by atoms with E-state index in [1.807, 2.05) is 0 Å². The highest BCUT2D eigenvalue weighted by atomic mass is 35.5. The van der Waals surface area contributed by atoms with Gasteiger partial charge in [-0.1, -0.05) is 71.7 Å². The first kappa shape index (κ1) is 37.7. The number of para-hydroxylation sites is 2. The lowest BCUT2D eigenvalue weighted by Crippen LogP contribution is -2.14. The van der Waals surface area contributed by atoms with Crippen molar-refractivity contribution in [3.05, 3.63) is 142 Å². The van der Waals surface area contributed by atoms with E-state index in [4.69, 9.17) is 23.2 Å². The van der Waals surface area contributed by atoms with Crippen molar-refractivity contribution in [1.82, 2.24) is 19.6 Å². The average Bonchev–Trinajstić information content (AvgIpc) is 3.70. The molecule has 0 aliphatic rings. The minimum atomic E-state index is -2.90. The molecule has 4 aromatic carbocycles. The molecule has 0 fully saturated rings. The molecule has 0 saturated heterocycles. The number of hydrogen-bond acceptors (Lipinski definition) is 4. The summed E-state index contributed by atoms with van der Waals surface area (Å²) in [6.45, 7) is 0. The Morgan fingerprint density at radius 1 is 0.635 bits per heavy atom. The van der Waals surface area contributed by atoms with Crippen LogP contribution in [0.3, 0.4) is 0 Å². The normalized spacial score (nSPS) is 11.0. The van der Waals surface area contributed by atoms with Crippen molar-refractivity contribution < 1.29 is 35.9 Å². The number of amides is 2. The summed E-state index contributed by atoms with van der Waals surface area (Å²) in [4.78, 5) is 24.9. The second-order valence-electron chi connectivity index (χ2n) is 11.1. The summed E-state index contributed by atoms with van der Waals surface area (Å²) in [7, 11) is 2.90. The van der Waals surface area contributed by atoms with Crippen molar-refractivity contribution in [2.24, 2.45) is 14.1 Å². The first-order valence-electron chi connectivity index (χ1n) is 15.1. The van der Waals surface area contributed by atoms with Gasteiger partial charge in [-0.25, -0.2) is 26.3 Å². The summed E-state index contributed by atoms with van der Waals surface area (Å²) < 4.78 is 81.2. The lowest BCUT2D eigenvalue weighted by molar-refractivity contribution is 0.100. The minimum absolute atomic E-state index is 0.181. The number of carbonyl (C=O) groups excluding carboxylic acids is 2. The monoisotopic (exact) mass is 758 g/mol. The van der Waals surface area contributed by atoms with Crippen LogP contribution >= 0.6 is 23.2 Å². The predicted molar refractivity (Wildman–Crippen MR) is 186 cm³/mol. The first-order chi connectivity index (χ1) is 24.7. The molecular formula is C36H26Cl2F6N6O2. The van der Waals surface area contributed by atoms with Crippen LogP contribution in [0.2, 0.25) is 10.0 Å². The Labute approximate surface area is 302 Å². The van der Waals surface area contributed by atoms with Crippen LogP contribution in [-0.4, -0.2) is 31.4 Å². The van der Waals surface area contributed by atoms with Gasteiger partial charge >= 0.3 is 0 Å². The highest BCUT2D eigenvalue weighted by Crippen LogP contribution is 2.36. The van der Waals surface area contributed by atoms with E-state index >= 15 is 0 Å². The van der Waals surface area contributed by atoms with Gasteiger partial charge in [-0.3, -0.25) is 19.0 Å². The molecule has 268 valence electrons. The molecule has 2 N–H and O–H groups in total. The summed E-state index contributed by atoms with van der Waals surface area (Å²) in [6, 6.07) is 21.7. The fraction of sp³-hybridized carbons (Fsp3) is 0.111. The molecule has 6 aromatic rings. The van der Waals surface area contributed by atoms with Crippen molar-refractivity contribution in [2.75, 3.05) is 10.6 Å². The highest BCUT2D eigenvalue weighted by molar-refractivity contribution is 6.36. The first-order valence-corrected chi connectivity index (χ1v) is 15.8. The Balaban J connectivity index is 0.000000201. The highest BCUT2D eigenvalue weighted by Gasteiger charge is 2.25. The van der Waals surface area contributed by atoms with E-state index in [0.717, 1.165) is 16.8 Å². The maximum absolute atomic E-state index is 13.5. The van der Waals surface area contributed by atoms with E-state index < -0.39 is 47.7 Å². The number of nitrogens with zero attached hydrogens (tertiary/aromatic N) is 4. The maximum Gasteiger partial charge on any atom is 0.282 e. The van der Waals surface area contributed by atoms with Gasteiger partial charge in [0.2, 0.25) is 0 Å². The Morgan fingerprint density at radius 3 is 1.63 bits per heavy atom. The quantitative estimate of drug-likeness (QED) is 0.151. The number of hydrogen-bond donors (Lipinski definition) is 2. The van der Waals surface area contributed by atoms with Gasteiger partial charge in [0.25, 0.3) is 24.7 Å². The van der Waals surface area contributed by atoms with Gasteiger partial charge in [-0.05, 0) is 42.0 Å². The van der Waals surface area contributed by atoms with Crippen LogP contribution in [0.15, 0.2) is 97.3 Å². The zero-order valence-electron chi connectivity index (χ0n) is 27.0. The van der Waals surface area contributed by atoms with E-state index in [1.54, 1.807) is 60.7 Å². The molecule has 16 heteroatoms. The standard InChI is InChI=1S/C18H13Cl2F2N3O.C18H13F4N3O/c1-25-9-13(16(24-25)17(21)22)18(26)23-15-5-3-2-4-12(15)11-7-6-10(19)8-14(11)20;1-25-9-12(16(24-25)17(21)22)18(26)23-15-5-3-2-4-11(15)10-6-7-13(19)14(20)8-10/h2*2-9,17H,1H3,(H,23,26). The van der Waals surface area contributed by atoms with E-state index in [0.29, 0.717) is 38.0 Å². The lowest BCUT2D eigenvalue weighted by atomic mass is 10.0. The molecule has 2 amide bonds. The molecule has 0 aliphatic heterocycles. The molecule has 6 rings (SSSR count). The van der Waals surface area contributed by atoms with Crippen LogP contribution < -0.4 is 10.6 Å². The zero-order valence-corrected chi connectivity index (χ0v) is 28.5. The molecule has 0 spiro atoms. The molecule has 8 nitrogen and oxygen atoms in total. The van der Waals surface area contributed by atoms with Crippen molar-refractivity contribution in [1.29, 1.82) is 0 Å². The largest absolute Gasteiger partial charge is 0.321 e. The number of benzene rings is 4. The number of nitrogens with one attached hydrogen (secondary N) is 2. The topological polar surface area (TPSA) is 93.8 Å². The van der Waals surface area contributed by atoms with Gasteiger partial charge in [0.1, 0.15) is 11.4 Å². The average molecular weight is 760 g/mol. The fourth-order valence-electron chi connectivity index (χ4n) is 5.11. The number of rotatable bonds is 8. The van der Waals surface area contributed by atoms with Crippen molar-refractivity contribution >= 4 is 46.4 Å². The summed E-state index contributed by atoms with van der Waals surface area (Å²) in [5, 5.41) is 13.3. The SMILES string of the molecule is Cn1cc(C(=O)Nc2ccccc2-c2ccc(Cl)cc2Cl)c(C(F)F)n1.Cn1cc(C(=O)Nc2ccccc2-c2ccc(F)c(F)c2)c(C(F)F)n1. The van der Waals surface area contributed by atoms with Crippen molar-refractivity contribution in [3.63, 3.8) is 0 Å². The Bertz CT molecular complexity index is 2260. The van der Waals surface area contributed by atoms with E-state index in [1.165, 1.54) is 43.3 Å².